The Morgan fingerprint density at radius 2 is 1.80 bits per heavy atom. The van der Waals surface area contributed by atoms with E-state index in [2.05, 4.69) is 12.0 Å². The van der Waals surface area contributed by atoms with E-state index in [1.165, 1.54) is 11.8 Å². The van der Waals surface area contributed by atoms with Crippen molar-refractivity contribution in [2.45, 2.75) is 34.6 Å². The van der Waals surface area contributed by atoms with Crippen molar-refractivity contribution in [1.82, 2.24) is 19.6 Å². The van der Waals surface area contributed by atoms with Gasteiger partial charge in [-0.2, -0.15) is 10.2 Å². The van der Waals surface area contributed by atoms with E-state index in [1.54, 1.807) is 12.3 Å². The highest BCUT2D eigenvalue weighted by molar-refractivity contribution is 8.10. The maximum Gasteiger partial charge on any atom is 0.331 e. The average molecular weight is 423 g/mol. The van der Waals surface area contributed by atoms with E-state index in [9.17, 15) is 9.90 Å². The summed E-state index contributed by atoms with van der Waals surface area (Å²) in [6, 6.07) is 10.1. The Morgan fingerprint density at radius 1 is 1.13 bits per heavy atom. The van der Waals surface area contributed by atoms with E-state index in [0.717, 1.165) is 44.5 Å². The Balaban J connectivity index is 2.25. The number of carboxylic acids is 1. The maximum absolute atomic E-state index is 11.2. The minimum atomic E-state index is -0.932. The molecule has 0 bridgehead atoms. The highest BCUT2D eigenvalue weighted by atomic mass is 32.2. The number of aliphatic carboxylic acids is 1. The fraction of sp³-hybridized carbons (Fsp3) is 0.261. The van der Waals surface area contributed by atoms with Gasteiger partial charge in [0.05, 0.1) is 22.1 Å². The predicted octanol–water partition coefficient (Wildman–Crippen LogP) is 5.42. The minimum absolute atomic E-state index is 0.279. The molecular formula is C23H26N4O2S. The molecule has 0 radical (unpaired) electrons. The number of allylic oxidation sites excluding steroid dienone is 1. The molecular weight excluding hydrogens is 396 g/mol. The molecule has 7 heteroatoms. The van der Waals surface area contributed by atoms with E-state index in [4.69, 9.17) is 5.10 Å². The molecule has 2 aromatic heterocycles. The molecule has 0 fully saturated rings. The molecule has 0 saturated carbocycles. The number of hydrogen-bond acceptors (Lipinski definition) is 4. The van der Waals surface area contributed by atoms with Crippen molar-refractivity contribution in [3.05, 3.63) is 64.3 Å². The normalized spacial score (nSPS) is 12.5. The fourth-order valence-electron chi connectivity index (χ4n) is 3.37. The van der Waals surface area contributed by atoms with Gasteiger partial charge in [0.2, 0.25) is 0 Å². The molecule has 6 nitrogen and oxygen atoms in total. The van der Waals surface area contributed by atoms with Gasteiger partial charge in [0.1, 0.15) is 0 Å². The van der Waals surface area contributed by atoms with Crippen molar-refractivity contribution in [3.63, 3.8) is 0 Å². The molecule has 0 unspecified atom stereocenters. The van der Waals surface area contributed by atoms with Crippen LogP contribution in [0.3, 0.4) is 0 Å². The fourth-order valence-corrected chi connectivity index (χ4v) is 4.14. The van der Waals surface area contributed by atoms with Gasteiger partial charge in [0, 0.05) is 35.0 Å². The monoisotopic (exact) mass is 422 g/mol. The van der Waals surface area contributed by atoms with Crippen LogP contribution in [-0.2, 0) is 11.8 Å². The SMILES string of the molecule is C/C=C(/S/C=C(\C)C(=O)O)n1nc(-c2ccccc2)c(C)c1-c1c(C)nn(C)c1C. The molecule has 0 amide bonds. The summed E-state index contributed by atoms with van der Waals surface area (Å²) in [6.45, 7) is 9.63. The number of aryl methyl sites for hydroxylation is 2. The van der Waals surface area contributed by atoms with Crippen LogP contribution in [0.4, 0.5) is 0 Å². The average Bonchev–Trinajstić information content (AvgIpc) is 3.18. The van der Waals surface area contributed by atoms with Crippen molar-refractivity contribution < 1.29 is 9.90 Å². The van der Waals surface area contributed by atoms with Gasteiger partial charge in [-0.25, -0.2) is 9.48 Å². The molecule has 3 rings (SSSR count). The number of thioether (sulfide) groups is 1. The zero-order valence-corrected chi connectivity index (χ0v) is 18.9. The Labute approximate surface area is 180 Å². The van der Waals surface area contributed by atoms with Crippen molar-refractivity contribution >= 4 is 22.8 Å². The van der Waals surface area contributed by atoms with Crippen LogP contribution in [0.15, 0.2) is 47.4 Å². The van der Waals surface area contributed by atoms with Gasteiger partial charge in [0.25, 0.3) is 0 Å². The summed E-state index contributed by atoms with van der Waals surface area (Å²) in [5.41, 5.74) is 7.26. The highest BCUT2D eigenvalue weighted by Gasteiger charge is 2.24. The topological polar surface area (TPSA) is 72.9 Å². The number of carboxylic acid groups (broad SMARTS) is 1. The van der Waals surface area contributed by atoms with E-state index < -0.39 is 5.97 Å². The first kappa shape index (κ1) is 21.6. The third-order valence-corrected chi connectivity index (χ3v) is 6.19. The third-order valence-electron chi connectivity index (χ3n) is 5.06. The molecule has 156 valence electrons. The standard InChI is InChI=1S/C23H26N4O2S/c1-7-19(30-13-14(2)23(28)29)27-22(20-16(4)24-26(6)17(20)5)15(3)21(25-27)18-11-9-8-10-12-18/h7-13H,1-6H3,(H,28,29)/b14-13+,19-7+. The Kier molecular flexibility index (Phi) is 6.31. The first-order chi connectivity index (χ1) is 14.3. The summed E-state index contributed by atoms with van der Waals surface area (Å²) in [5.74, 6) is -0.932. The first-order valence-corrected chi connectivity index (χ1v) is 10.5. The lowest BCUT2D eigenvalue weighted by atomic mass is 10.0. The second kappa shape index (κ2) is 8.75. The van der Waals surface area contributed by atoms with Crippen LogP contribution in [0.1, 0.15) is 30.8 Å². The van der Waals surface area contributed by atoms with Gasteiger partial charge in [-0.3, -0.25) is 4.68 Å². The van der Waals surface area contributed by atoms with Crippen LogP contribution >= 0.6 is 11.8 Å². The summed E-state index contributed by atoms with van der Waals surface area (Å²) in [7, 11) is 1.93. The van der Waals surface area contributed by atoms with Crippen LogP contribution in [0.25, 0.3) is 27.5 Å². The van der Waals surface area contributed by atoms with Gasteiger partial charge < -0.3 is 5.11 Å². The molecule has 2 heterocycles. The van der Waals surface area contributed by atoms with E-state index in [0.29, 0.717) is 0 Å². The molecule has 1 aromatic carbocycles. The lowest BCUT2D eigenvalue weighted by Gasteiger charge is -2.11. The first-order valence-electron chi connectivity index (χ1n) is 9.65. The summed E-state index contributed by atoms with van der Waals surface area (Å²) < 4.78 is 3.78. The number of nitrogens with zero attached hydrogens (tertiary/aromatic N) is 4. The molecule has 1 N–H and O–H groups in total. The van der Waals surface area contributed by atoms with Crippen LogP contribution in [-0.4, -0.2) is 30.6 Å². The van der Waals surface area contributed by atoms with Crippen molar-refractivity contribution in [2.24, 2.45) is 7.05 Å². The second-order valence-corrected chi connectivity index (χ2v) is 8.01. The minimum Gasteiger partial charge on any atom is -0.478 e. The number of rotatable bonds is 6. The largest absolute Gasteiger partial charge is 0.478 e. The van der Waals surface area contributed by atoms with Crippen LogP contribution in [0, 0.1) is 20.8 Å². The second-order valence-electron chi connectivity index (χ2n) is 7.12. The van der Waals surface area contributed by atoms with E-state index in [-0.39, 0.29) is 5.57 Å². The molecule has 0 aliphatic rings. The zero-order valence-electron chi connectivity index (χ0n) is 18.1. The van der Waals surface area contributed by atoms with Crippen molar-refractivity contribution in [1.29, 1.82) is 0 Å². The van der Waals surface area contributed by atoms with Crippen LogP contribution < -0.4 is 0 Å². The quantitative estimate of drug-likeness (QED) is 0.537. The lowest BCUT2D eigenvalue weighted by Crippen LogP contribution is -2.02. The number of carbonyl (C=O) groups is 1. The summed E-state index contributed by atoms with van der Waals surface area (Å²) in [4.78, 5) is 11.2. The Bertz CT molecular complexity index is 1150. The molecule has 0 saturated heterocycles. The summed E-state index contributed by atoms with van der Waals surface area (Å²) in [5, 5.41) is 21.2. The van der Waals surface area contributed by atoms with Gasteiger partial charge in [-0.05, 0) is 40.0 Å². The van der Waals surface area contributed by atoms with E-state index in [1.807, 2.05) is 73.6 Å². The molecule has 0 spiro atoms. The van der Waals surface area contributed by atoms with Crippen LogP contribution in [0.2, 0.25) is 0 Å². The maximum atomic E-state index is 11.2. The van der Waals surface area contributed by atoms with Gasteiger partial charge in [0.15, 0.2) is 0 Å². The lowest BCUT2D eigenvalue weighted by molar-refractivity contribution is -0.132. The summed E-state index contributed by atoms with van der Waals surface area (Å²) >= 11 is 1.35. The number of aromatic nitrogens is 4. The Morgan fingerprint density at radius 3 is 2.33 bits per heavy atom. The number of hydrogen-bond donors (Lipinski definition) is 1. The van der Waals surface area contributed by atoms with Gasteiger partial charge >= 0.3 is 5.97 Å². The zero-order chi connectivity index (χ0) is 22.0. The van der Waals surface area contributed by atoms with Crippen LogP contribution in [0.5, 0.6) is 0 Å². The van der Waals surface area contributed by atoms with Crippen molar-refractivity contribution in [3.8, 4) is 22.5 Å². The molecule has 30 heavy (non-hydrogen) atoms. The molecule has 0 aliphatic heterocycles. The highest BCUT2D eigenvalue weighted by Crippen LogP contribution is 2.39. The Hall–Kier alpha value is -3.06. The number of benzene rings is 1. The molecule has 3 aromatic rings. The summed E-state index contributed by atoms with van der Waals surface area (Å²) in [6.07, 6.45) is 1.95. The molecule has 0 aliphatic carbocycles. The van der Waals surface area contributed by atoms with Crippen molar-refractivity contribution in [2.75, 3.05) is 0 Å². The third kappa shape index (κ3) is 3.98. The van der Waals surface area contributed by atoms with Gasteiger partial charge in [-0.15, -0.1) is 0 Å². The molecule has 0 atom stereocenters. The van der Waals surface area contributed by atoms with Gasteiger partial charge in [-0.1, -0.05) is 48.2 Å². The predicted molar refractivity (Wildman–Crippen MR) is 123 cm³/mol. The smallest absolute Gasteiger partial charge is 0.331 e. The van der Waals surface area contributed by atoms with E-state index >= 15 is 0 Å².